The lowest BCUT2D eigenvalue weighted by Gasteiger charge is -2.31. The molecule has 0 aromatic heterocycles. The number of sulfonamides is 1. The van der Waals surface area contributed by atoms with E-state index in [1.807, 2.05) is 19.9 Å². The molecule has 1 aromatic carbocycles. The van der Waals surface area contributed by atoms with E-state index in [9.17, 15) is 8.42 Å². The van der Waals surface area contributed by atoms with Crippen LogP contribution in [0.4, 0.5) is 0 Å². The number of hydrogen-bond acceptors (Lipinski definition) is 3. The van der Waals surface area contributed by atoms with Crippen molar-refractivity contribution in [2.24, 2.45) is 11.7 Å². The second-order valence-corrected chi connectivity index (χ2v) is 7.09. The zero-order valence-electron chi connectivity index (χ0n) is 11.5. The van der Waals surface area contributed by atoms with Crippen LogP contribution in [0.1, 0.15) is 37.3 Å². The average Bonchev–Trinajstić information content (AvgIpc) is 2.24. The van der Waals surface area contributed by atoms with E-state index in [1.165, 1.54) is 6.42 Å². The quantitative estimate of drug-likeness (QED) is 0.866. The van der Waals surface area contributed by atoms with Crippen LogP contribution in [0.3, 0.4) is 0 Å². The minimum atomic E-state index is -3.43. The Kier molecular flexibility index (Phi) is 4.28. The molecule has 1 saturated carbocycles. The van der Waals surface area contributed by atoms with Gasteiger partial charge in [0.25, 0.3) is 0 Å². The molecule has 106 valence electrons. The third-order valence-corrected chi connectivity index (χ3v) is 5.68. The molecule has 1 aliphatic carbocycles. The molecule has 0 bridgehead atoms. The van der Waals surface area contributed by atoms with Gasteiger partial charge < -0.3 is 5.73 Å². The Labute approximate surface area is 115 Å². The predicted molar refractivity (Wildman–Crippen MR) is 76.2 cm³/mol. The summed E-state index contributed by atoms with van der Waals surface area (Å²) in [4.78, 5) is 0.357. The monoisotopic (exact) mass is 282 g/mol. The van der Waals surface area contributed by atoms with Crippen LogP contribution in [0.15, 0.2) is 23.1 Å². The zero-order chi connectivity index (χ0) is 14.0. The Balaban J connectivity index is 2.18. The summed E-state index contributed by atoms with van der Waals surface area (Å²) in [6.07, 6.45) is 3.45. The number of nitrogens with one attached hydrogen (secondary N) is 1. The normalized spacial score (nSPS) is 18.1. The maximum absolute atomic E-state index is 12.4. The van der Waals surface area contributed by atoms with Crippen LogP contribution >= 0.6 is 0 Å². The maximum atomic E-state index is 12.4. The number of hydrogen-bond donors (Lipinski definition) is 2. The lowest BCUT2D eigenvalue weighted by Crippen LogP contribution is -2.40. The first-order chi connectivity index (χ1) is 8.94. The van der Waals surface area contributed by atoms with E-state index in [4.69, 9.17) is 5.73 Å². The van der Waals surface area contributed by atoms with Crippen molar-refractivity contribution >= 4 is 10.0 Å². The van der Waals surface area contributed by atoms with Crippen molar-refractivity contribution in [2.75, 3.05) is 0 Å². The summed E-state index contributed by atoms with van der Waals surface area (Å²) in [5, 5.41) is 0. The van der Waals surface area contributed by atoms with Gasteiger partial charge in [-0.2, -0.15) is 0 Å². The lowest BCUT2D eigenvalue weighted by molar-refractivity contribution is 0.260. The van der Waals surface area contributed by atoms with Gasteiger partial charge >= 0.3 is 0 Å². The minimum Gasteiger partial charge on any atom is -0.326 e. The number of aryl methyl sites for hydroxylation is 1. The molecule has 1 atom stereocenters. The third-order valence-electron chi connectivity index (χ3n) is 3.96. The van der Waals surface area contributed by atoms with E-state index in [-0.39, 0.29) is 6.04 Å². The first-order valence-electron chi connectivity index (χ1n) is 6.76. The van der Waals surface area contributed by atoms with Gasteiger partial charge in [0.1, 0.15) is 0 Å². The van der Waals surface area contributed by atoms with Crippen LogP contribution in [0, 0.1) is 12.8 Å². The molecule has 19 heavy (non-hydrogen) atoms. The van der Waals surface area contributed by atoms with Crippen LogP contribution in [0.25, 0.3) is 0 Å². The summed E-state index contributed by atoms with van der Waals surface area (Å²) in [7, 11) is -3.43. The van der Waals surface area contributed by atoms with Crippen molar-refractivity contribution in [1.82, 2.24) is 4.72 Å². The van der Waals surface area contributed by atoms with Crippen molar-refractivity contribution in [3.63, 3.8) is 0 Å². The molecule has 5 heteroatoms. The molecule has 0 heterocycles. The largest absolute Gasteiger partial charge is 0.326 e. The molecule has 0 saturated heterocycles. The summed E-state index contributed by atoms with van der Waals surface area (Å²) in [6, 6.07) is 5.26. The van der Waals surface area contributed by atoms with Gasteiger partial charge in [-0.3, -0.25) is 0 Å². The Morgan fingerprint density at radius 3 is 2.58 bits per heavy atom. The Morgan fingerprint density at radius 1 is 1.42 bits per heavy atom. The van der Waals surface area contributed by atoms with Crippen LogP contribution in [-0.4, -0.2) is 14.5 Å². The molecule has 0 aliphatic heterocycles. The fraction of sp³-hybridized carbons (Fsp3) is 0.571. The highest BCUT2D eigenvalue weighted by molar-refractivity contribution is 7.89. The van der Waals surface area contributed by atoms with E-state index >= 15 is 0 Å². The van der Waals surface area contributed by atoms with E-state index in [0.29, 0.717) is 17.4 Å². The standard InChI is InChI=1S/C14H22N2O2S/c1-10-8-12(9-15)6-7-14(10)19(17,18)16-11(2)13-4-3-5-13/h6-8,11,13,16H,3-5,9,15H2,1-2H3. The number of rotatable bonds is 5. The maximum Gasteiger partial charge on any atom is 0.241 e. The van der Waals surface area contributed by atoms with Crippen LogP contribution in [-0.2, 0) is 16.6 Å². The molecule has 1 fully saturated rings. The van der Waals surface area contributed by atoms with Crippen LogP contribution in [0.2, 0.25) is 0 Å². The molecule has 1 unspecified atom stereocenters. The summed E-state index contributed by atoms with van der Waals surface area (Å²) < 4.78 is 27.5. The lowest BCUT2D eigenvalue weighted by atomic mass is 9.81. The fourth-order valence-electron chi connectivity index (χ4n) is 2.48. The summed E-state index contributed by atoms with van der Waals surface area (Å²) >= 11 is 0. The van der Waals surface area contributed by atoms with Crippen LogP contribution in [0.5, 0.6) is 0 Å². The Morgan fingerprint density at radius 2 is 2.11 bits per heavy atom. The van der Waals surface area contributed by atoms with E-state index < -0.39 is 10.0 Å². The van der Waals surface area contributed by atoms with Crippen molar-refractivity contribution in [1.29, 1.82) is 0 Å². The van der Waals surface area contributed by atoms with Crippen molar-refractivity contribution in [3.8, 4) is 0 Å². The highest BCUT2D eigenvalue weighted by Gasteiger charge is 2.28. The zero-order valence-corrected chi connectivity index (χ0v) is 12.3. The Hall–Kier alpha value is -0.910. The minimum absolute atomic E-state index is 0.00679. The second kappa shape index (κ2) is 5.61. The molecule has 3 N–H and O–H groups in total. The molecular formula is C14H22N2O2S. The van der Waals surface area contributed by atoms with E-state index in [1.54, 1.807) is 12.1 Å². The number of nitrogens with two attached hydrogens (primary N) is 1. The molecule has 0 radical (unpaired) electrons. The topological polar surface area (TPSA) is 72.2 Å². The van der Waals surface area contributed by atoms with Gasteiger partial charge in [0.05, 0.1) is 4.90 Å². The number of benzene rings is 1. The molecular weight excluding hydrogens is 260 g/mol. The summed E-state index contributed by atoms with van der Waals surface area (Å²) in [5.41, 5.74) is 7.25. The highest BCUT2D eigenvalue weighted by atomic mass is 32.2. The smallest absolute Gasteiger partial charge is 0.241 e. The molecule has 1 aliphatic rings. The third kappa shape index (κ3) is 3.16. The summed E-state index contributed by atoms with van der Waals surface area (Å²) in [6.45, 7) is 4.18. The molecule has 2 rings (SSSR count). The van der Waals surface area contributed by atoms with Crippen molar-refractivity contribution < 1.29 is 8.42 Å². The molecule has 0 spiro atoms. The van der Waals surface area contributed by atoms with Crippen LogP contribution < -0.4 is 10.5 Å². The van der Waals surface area contributed by atoms with Crippen molar-refractivity contribution in [3.05, 3.63) is 29.3 Å². The van der Waals surface area contributed by atoms with Gasteiger partial charge in [-0.15, -0.1) is 0 Å². The van der Waals surface area contributed by atoms with Gasteiger partial charge in [-0.25, -0.2) is 13.1 Å². The highest BCUT2D eigenvalue weighted by Crippen LogP contribution is 2.30. The van der Waals surface area contributed by atoms with E-state index in [0.717, 1.165) is 24.0 Å². The van der Waals surface area contributed by atoms with Gasteiger partial charge in [0.15, 0.2) is 0 Å². The van der Waals surface area contributed by atoms with E-state index in [2.05, 4.69) is 4.72 Å². The van der Waals surface area contributed by atoms with Gasteiger partial charge in [-0.05, 0) is 49.8 Å². The molecule has 1 aromatic rings. The SMILES string of the molecule is Cc1cc(CN)ccc1S(=O)(=O)NC(C)C1CCC1. The molecule has 0 amide bonds. The first kappa shape index (κ1) is 14.5. The van der Waals surface area contributed by atoms with Gasteiger partial charge in [0, 0.05) is 12.6 Å². The molecule has 4 nitrogen and oxygen atoms in total. The van der Waals surface area contributed by atoms with Crippen molar-refractivity contribution in [2.45, 2.75) is 50.6 Å². The average molecular weight is 282 g/mol. The Bertz CT molecular complexity index is 551. The summed E-state index contributed by atoms with van der Waals surface area (Å²) in [5.74, 6) is 0.485. The first-order valence-corrected chi connectivity index (χ1v) is 8.24. The van der Waals surface area contributed by atoms with Gasteiger partial charge in [-0.1, -0.05) is 18.6 Å². The van der Waals surface area contributed by atoms with Gasteiger partial charge in [0.2, 0.25) is 10.0 Å². The second-order valence-electron chi connectivity index (χ2n) is 5.40. The predicted octanol–water partition coefficient (Wildman–Crippen LogP) is 1.92. The fourth-order valence-corrected chi connectivity index (χ4v) is 4.02.